The van der Waals surface area contributed by atoms with Crippen LogP contribution in [0.5, 0.6) is 0 Å². The Kier molecular flexibility index (Phi) is 5.02. The lowest BCUT2D eigenvalue weighted by Gasteiger charge is -2.26. The van der Waals surface area contributed by atoms with Crippen LogP contribution in [0.2, 0.25) is 0 Å². The van der Waals surface area contributed by atoms with Gasteiger partial charge in [-0.05, 0) is 42.7 Å². The first-order valence-corrected chi connectivity index (χ1v) is 9.33. The third-order valence-electron chi connectivity index (χ3n) is 4.98. The van der Waals surface area contributed by atoms with E-state index in [2.05, 4.69) is 27.3 Å². The number of halogens is 1. The molecule has 0 spiro atoms. The van der Waals surface area contributed by atoms with Crippen molar-refractivity contribution in [2.24, 2.45) is 5.92 Å². The number of para-hydroxylation sites is 1. The van der Waals surface area contributed by atoms with Crippen LogP contribution in [0.4, 0.5) is 15.9 Å². The molecular weight excluding hydrogens is 355 g/mol. The summed E-state index contributed by atoms with van der Waals surface area (Å²) in [5, 5.41) is 11.1. The van der Waals surface area contributed by atoms with Crippen molar-refractivity contribution in [3.63, 3.8) is 0 Å². The van der Waals surface area contributed by atoms with E-state index in [1.807, 2.05) is 42.5 Å². The highest BCUT2D eigenvalue weighted by Crippen LogP contribution is 2.38. The number of anilines is 2. The second-order valence-electron chi connectivity index (χ2n) is 7.13. The fraction of sp³-hybridized carbons (Fsp3) is 0.227. The van der Waals surface area contributed by atoms with Crippen LogP contribution in [-0.2, 0) is 0 Å². The van der Waals surface area contributed by atoms with E-state index in [4.69, 9.17) is 0 Å². The minimum atomic E-state index is -0.314. The molecule has 1 aromatic heterocycles. The van der Waals surface area contributed by atoms with Crippen molar-refractivity contribution in [1.29, 1.82) is 0 Å². The molecule has 4 rings (SSSR count). The maximum absolute atomic E-state index is 14.3. The van der Waals surface area contributed by atoms with Crippen LogP contribution in [0.15, 0.2) is 66.7 Å². The standard InChI is InChI=1S/C22H21FN4O/c1-15-13-20(17-9-5-6-10-18(17)23)27(14-15)21-12-11-19(25-26-21)22(28)24-16-7-3-2-4-8-16/h2-12,15,20H,13-14H2,1H3,(H,24,28). The highest BCUT2D eigenvalue weighted by atomic mass is 19.1. The minimum absolute atomic E-state index is 0.0884. The third kappa shape index (κ3) is 3.71. The Morgan fingerprint density at radius 2 is 1.79 bits per heavy atom. The number of rotatable bonds is 4. The van der Waals surface area contributed by atoms with E-state index >= 15 is 0 Å². The molecule has 0 aliphatic carbocycles. The number of carbonyl (C=O) groups excluding carboxylic acids is 1. The molecule has 6 heteroatoms. The smallest absolute Gasteiger partial charge is 0.276 e. The summed E-state index contributed by atoms with van der Waals surface area (Å²) >= 11 is 0. The quantitative estimate of drug-likeness (QED) is 0.731. The number of nitrogens with one attached hydrogen (secondary N) is 1. The van der Waals surface area contributed by atoms with Crippen molar-refractivity contribution in [2.75, 3.05) is 16.8 Å². The summed E-state index contributed by atoms with van der Waals surface area (Å²) in [7, 11) is 0. The molecule has 1 amide bonds. The lowest BCUT2D eigenvalue weighted by Crippen LogP contribution is -2.25. The van der Waals surface area contributed by atoms with Gasteiger partial charge >= 0.3 is 0 Å². The summed E-state index contributed by atoms with van der Waals surface area (Å²) in [4.78, 5) is 14.4. The van der Waals surface area contributed by atoms with E-state index in [0.717, 1.165) is 13.0 Å². The predicted molar refractivity (Wildman–Crippen MR) is 107 cm³/mol. The molecule has 1 N–H and O–H groups in total. The van der Waals surface area contributed by atoms with E-state index in [1.54, 1.807) is 18.2 Å². The lowest BCUT2D eigenvalue weighted by molar-refractivity contribution is 0.102. The van der Waals surface area contributed by atoms with Crippen LogP contribution in [0, 0.1) is 11.7 Å². The first-order chi connectivity index (χ1) is 13.6. The molecule has 2 unspecified atom stereocenters. The molecule has 0 bridgehead atoms. The second kappa shape index (κ2) is 7.76. The minimum Gasteiger partial charge on any atom is -0.348 e. The molecule has 1 saturated heterocycles. The number of hydrogen-bond acceptors (Lipinski definition) is 4. The molecule has 142 valence electrons. The van der Waals surface area contributed by atoms with Gasteiger partial charge in [0.2, 0.25) is 0 Å². The number of hydrogen-bond donors (Lipinski definition) is 1. The van der Waals surface area contributed by atoms with Crippen LogP contribution in [0.25, 0.3) is 0 Å². The Morgan fingerprint density at radius 1 is 1.04 bits per heavy atom. The Morgan fingerprint density at radius 3 is 2.50 bits per heavy atom. The van der Waals surface area contributed by atoms with Crippen molar-refractivity contribution >= 4 is 17.4 Å². The van der Waals surface area contributed by atoms with Gasteiger partial charge in [-0.3, -0.25) is 4.79 Å². The average Bonchev–Trinajstić information content (AvgIpc) is 3.10. The van der Waals surface area contributed by atoms with Crippen molar-refractivity contribution < 1.29 is 9.18 Å². The van der Waals surface area contributed by atoms with Crippen LogP contribution in [0.3, 0.4) is 0 Å². The number of nitrogens with zero attached hydrogens (tertiary/aromatic N) is 3. The lowest BCUT2D eigenvalue weighted by atomic mass is 10.0. The number of benzene rings is 2. The van der Waals surface area contributed by atoms with Crippen LogP contribution in [0.1, 0.15) is 35.4 Å². The van der Waals surface area contributed by atoms with E-state index in [1.165, 1.54) is 6.07 Å². The molecule has 3 aromatic rings. The summed E-state index contributed by atoms with van der Waals surface area (Å²) in [6.07, 6.45) is 0.846. The molecule has 2 heterocycles. The molecule has 28 heavy (non-hydrogen) atoms. The van der Waals surface area contributed by atoms with Gasteiger partial charge in [0.25, 0.3) is 5.91 Å². The van der Waals surface area contributed by atoms with Gasteiger partial charge in [-0.2, -0.15) is 0 Å². The second-order valence-corrected chi connectivity index (χ2v) is 7.13. The molecule has 2 atom stereocenters. The summed E-state index contributed by atoms with van der Waals surface area (Å²) in [6, 6.07) is 19.4. The first-order valence-electron chi connectivity index (χ1n) is 9.33. The summed E-state index contributed by atoms with van der Waals surface area (Å²) in [6.45, 7) is 2.91. The van der Waals surface area contributed by atoms with Gasteiger partial charge in [0.15, 0.2) is 11.5 Å². The maximum atomic E-state index is 14.3. The monoisotopic (exact) mass is 376 g/mol. The van der Waals surface area contributed by atoms with Gasteiger partial charge in [-0.25, -0.2) is 4.39 Å². The maximum Gasteiger partial charge on any atom is 0.276 e. The zero-order valence-corrected chi connectivity index (χ0v) is 15.5. The zero-order chi connectivity index (χ0) is 19.5. The van der Waals surface area contributed by atoms with Gasteiger partial charge in [-0.15, -0.1) is 10.2 Å². The SMILES string of the molecule is CC1CC(c2ccccc2F)N(c2ccc(C(=O)Nc3ccccc3)nn2)C1. The predicted octanol–water partition coefficient (Wildman–Crippen LogP) is 4.46. The molecule has 1 fully saturated rings. The molecule has 1 aliphatic heterocycles. The van der Waals surface area contributed by atoms with Gasteiger partial charge in [0.1, 0.15) is 5.82 Å². The molecule has 1 aliphatic rings. The summed E-state index contributed by atoms with van der Waals surface area (Å²) in [5.74, 6) is 0.533. The Labute approximate surface area is 163 Å². The first kappa shape index (κ1) is 18.1. The fourth-order valence-electron chi connectivity index (χ4n) is 3.66. The van der Waals surface area contributed by atoms with Crippen molar-refractivity contribution in [2.45, 2.75) is 19.4 Å². The normalized spacial score (nSPS) is 18.9. The van der Waals surface area contributed by atoms with Crippen molar-refractivity contribution in [1.82, 2.24) is 10.2 Å². The number of amides is 1. The van der Waals surface area contributed by atoms with Gasteiger partial charge in [0.05, 0.1) is 6.04 Å². The van der Waals surface area contributed by atoms with Crippen LogP contribution in [-0.4, -0.2) is 22.6 Å². The fourth-order valence-corrected chi connectivity index (χ4v) is 3.66. The van der Waals surface area contributed by atoms with E-state index < -0.39 is 0 Å². The van der Waals surface area contributed by atoms with Crippen molar-refractivity contribution in [3.05, 3.63) is 83.8 Å². The molecular formula is C22H21FN4O. The Bertz CT molecular complexity index is 962. The third-order valence-corrected chi connectivity index (χ3v) is 4.98. The van der Waals surface area contributed by atoms with Gasteiger partial charge in [-0.1, -0.05) is 43.3 Å². The molecule has 2 aromatic carbocycles. The topological polar surface area (TPSA) is 58.1 Å². The Balaban J connectivity index is 1.54. The van der Waals surface area contributed by atoms with E-state index in [9.17, 15) is 9.18 Å². The molecule has 0 radical (unpaired) electrons. The van der Waals surface area contributed by atoms with E-state index in [0.29, 0.717) is 23.0 Å². The van der Waals surface area contributed by atoms with Crippen LogP contribution < -0.4 is 10.2 Å². The zero-order valence-electron chi connectivity index (χ0n) is 15.5. The highest BCUT2D eigenvalue weighted by molar-refractivity contribution is 6.02. The average molecular weight is 376 g/mol. The van der Waals surface area contributed by atoms with Crippen molar-refractivity contribution in [3.8, 4) is 0 Å². The Hall–Kier alpha value is -3.28. The molecule has 5 nitrogen and oxygen atoms in total. The summed E-state index contributed by atoms with van der Waals surface area (Å²) in [5.41, 5.74) is 1.60. The number of carbonyl (C=O) groups is 1. The molecule has 0 saturated carbocycles. The van der Waals surface area contributed by atoms with E-state index in [-0.39, 0.29) is 23.5 Å². The van der Waals surface area contributed by atoms with Gasteiger partial charge < -0.3 is 10.2 Å². The van der Waals surface area contributed by atoms with Crippen LogP contribution >= 0.6 is 0 Å². The number of aromatic nitrogens is 2. The van der Waals surface area contributed by atoms with Gasteiger partial charge in [0, 0.05) is 17.8 Å². The summed E-state index contributed by atoms with van der Waals surface area (Å²) < 4.78 is 14.3. The highest BCUT2D eigenvalue weighted by Gasteiger charge is 2.33. The largest absolute Gasteiger partial charge is 0.348 e.